The Balaban J connectivity index is 2.81. The highest BCUT2D eigenvalue weighted by Gasteiger charge is 2.15. The molecule has 0 saturated carbocycles. The molecule has 1 unspecified atom stereocenters. The van der Waals surface area contributed by atoms with Crippen LogP contribution in [0.4, 0.5) is 5.69 Å². The van der Waals surface area contributed by atoms with E-state index in [9.17, 15) is 10.1 Å². The summed E-state index contributed by atoms with van der Waals surface area (Å²) in [6.07, 6.45) is 0. The van der Waals surface area contributed by atoms with Crippen LogP contribution in [0, 0.1) is 16.0 Å². The third-order valence-corrected chi connectivity index (χ3v) is 2.28. The SMILES string of the molecule is COc1ccc(OCC(C)CN)cc1[N+](=O)[O-]. The lowest BCUT2D eigenvalue weighted by Crippen LogP contribution is -2.18. The molecule has 94 valence electrons. The van der Waals surface area contributed by atoms with Crippen LogP contribution >= 0.6 is 0 Å². The van der Waals surface area contributed by atoms with Gasteiger partial charge in [0.1, 0.15) is 5.75 Å². The molecule has 0 spiro atoms. The Morgan fingerprint density at radius 1 is 1.53 bits per heavy atom. The van der Waals surface area contributed by atoms with Gasteiger partial charge in [0, 0.05) is 5.92 Å². The number of nitro groups is 1. The number of hydrogen-bond donors (Lipinski definition) is 1. The number of methoxy groups -OCH3 is 1. The van der Waals surface area contributed by atoms with Gasteiger partial charge in [0.05, 0.1) is 24.7 Å². The second kappa shape index (κ2) is 6.05. The lowest BCUT2D eigenvalue weighted by molar-refractivity contribution is -0.385. The monoisotopic (exact) mass is 240 g/mol. The number of ether oxygens (including phenoxy) is 2. The molecule has 6 nitrogen and oxygen atoms in total. The molecule has 0 aliphatic heterocycles. The van der Waals surface area contributed by atoms with Crippen LogP contribution in [0.2, 0.25) is 0 Å². The van der Waals surface area contributed by atoms with Crippen molar-refractivity contribution >= 4 is 5.69 Å². The third kappa shape index (κ3) is 3.60. The zero-order valence-electron chi connectivity index (χ0n) is 9.88. The van der Waals surface area contributed by atoms with Gasteiger partial charge in [-0.2, -0.15) is 0 Å². The minimum absolute atomic E-state index is 0.106. The van der Waals surface area contributed by atoms with E-state index in [1.807, 2.05) is 6.92 Å². The number of benzene rings is 1. The summed E-state index contributed by atoms with van der Waals surface area (Å²) < 4.78 is 10.3. The fraction of sp³-hybridized carbons (Fsp3) is 0.455. The zero-order valence-corrected chi connectivity index (χ0v) is 9.88. The highest BCUT2D eigenvalue weighted by atomic mass is 16.6. The van der Waals surface area contributed by atoms with Crippen molar-refractivity contribution in [2.24, 2.45) is 11.7 Å². The summed E-state index contributed by atoms with van der Waals surface area (Å²) >= 11 is 0. The van der Waals surface area contributed by atoms with E-state index in [1.165, 1.54) is 19.2 Å². The van der Waals surface area contributed by atoms with E-state index < -0.39 is 4.92 Å². The summed E-state index contributed by atoms with van der Waals surface area (Å²) in [5.41, 5.74) is 5.35. The molecule has 1 atom stereocenters. The maximum Gasteiger partial charge on any atom is 0.314 e. The third-order valence-electron chi connectivity index (χ3n) is 2.28. The predicted molar refractivity (Wildman–Crippen MR) is 63.4 cm³/mol. The van der Waals surface area contributed by atoms with Gasteiger partial charge in [-0.1, -0.05) is 6.92 Å². The minimum Gasteiger partial charge on any atom is -0.493 e. The molecule has 0 radical (unpaired) electrons. The quantitative estimate of drug-likeness (QED) is 0.602. The van der Waals surface area contributed by atoms with Crippen molar-refractivity contribution in [3.63, 3.8) is 0 Å². The van der Waals surface area contributed by atoms with Gasteiger partial charge in [0.15, 0.2) is 5.75 Å². The maximum atomic E-state index is 10.8. The fourth-order valence-electron chi connectivity index (χ4n) is 1.21. The van der Waals surface area contributed by atoms with Crippen LogP contribution in [0.25, 0.3) is 0 Å². The van der Waals surface area contributed by atoms with Crippen molar-refractivity contribution in [1.29, 1.82) is 0 Å². The molecule has 1 aromatic carbocycles. The number of nitro benzene ring substituents is 1. The predicted octanol–water partition coefficient (Wildman–Crippen LogP) is 1.58. The van der Waals surface area contributed by atoms with E-state index in [4.69, 9.17) is 15.2 Å². The molecule has 0 heterocycles. The van der Waals surface area contributed by atoms with Gasteiger partial charge in [-0.25, -0.2) is 0 Å². The van der Waals surface area contributed by atoms with Gasteiger partial charge in [-0.15, -0.1) is 0 Å². The minimum atomic E-state index is -0.502. The highest BCUT2D eigenvalue weighted by molar-refractivity contribution is 5.50. The first-order valence-electron chi connectivity index (χ1n) is 5.23. The van der Waals surface area contributed by atoms with Gasteiger partial charge in [0.2, 0.25) is 0 Å². The van der Waals surface area contributed by atoms with Gasteiger partial charge < -0.3 is 15.2 Å². The summed E-state index contributed by atoms with van der Waals surface area (Å²) in [7, 11) is 1.39. The highest BCUT2D eigenvalue weighted by Crippen LogP contribution is 2.30. The molecule has 0 fully saturated rings. The zero-order chi connectivity index (χ0) is 12.8. The summed E-state index contributed by atoms with van der Waals surface area (Å²) in [5, 5.41) is 10.8. The maximum absolute atomic E-state index is 10.8. The number of nitrogens with two attached hydrogens (primary N) is 1. The Morgan fingerprint density at radius 2 is 2.24 bits per heavy atom. The molecular formula is C11H16N2O4. The van der Waals surface area contributed by atoms with Gasteiger partial charge in [0.25, 0.3) is 0 Å². The van der Waals surface area contributed by atoms with Crippen molar-refractivity contribution < 1.29 is 14.4 Å². The summed E-state index contributed by atoms with van der Waals surface area (Å²) in [6.45, 7) is 2.89. The first-order chi connectivity index (χ1) is 8.08. The van der Waals surface area contributed by atoms with E-state index in [-0.39, 0.29) is 17.4 Å². The van der Waals surface area contributed by atoms with E-state index >= 15 is 0 Å². The van der Waals surface area contributed by atoms with Gasteiger partial charge >= 0.3 is 5.69 Å². The molecular weight excluding hydrogens is 224 g/mol. The summed E-state index contributed by atoms with van der Waals surface area (Å²) in [6, 6.07) is 4.50. The largest absolute Gasteiger partial charge is 0.493 e. The molecule has 17 heavy (non-hydrogen) atoms. The Hall–Kier alpha value is -1.82. The van der Waals surface area contributed by atoms with Crippen LogP contribution in [-0.4, -0.2) is 25.2 Å². The summed E-state index contributed by atoms with van der Waals surface area (Å²) in [4.78, 5) is 10.3. The van der Waals surface area contributed by atoms with E-state index in [1.54, 1.807) is 6.07 Å². The second-order valence-electron chi connectivity index (χ2n) is 3.74. The molecule has 1 aromatic rings. The molecule has 6 heteroatoms. The molecule has 0 aliphatic carbocycles. The van der Waals surface area contributed by atoms with E-state index in [0.717, 1.165) is 0 Å². The van der Waals surface area contributed by atoms with Crippen molar-refractivity contribution in [2.45, 2.75) is 6.92 Å². The van der Waals surface area contributed by atoms with Crippen molar-refractivity contribution in [3.05, 3.63) is 28.3 Å². The van der Waals surface area contributed by atoms with E-state index in [0.29, 0.717) is 18.9 Å². The molecule has 0 amide bonds. The standard InChI is InChI=1S/C11H16N2O4/c1-8(6-12)7-17-9-3-4-11(16-2)10(5-9)13(14)15/h3-5,8H,6-7,12H2,1-2H3. The van der Waals surface area contributed by atoms with Crippen LogP contribution in [0.5, 0.6) is 11.5 Å². The molecule has 2 N–H and O–H groups in total. The van der Waals surface area contributed by atoms with Gasteiger partial charge in [-0.05, 0) is 18.7 Å². The second-order valence-corrected chi connectivity index (χ2v) is 3.74. The molecule has 0 bridgehead atoms. The van der Waals surface area contributed by atoms with Crippen LogP contribution < -0.4 is 15.2 Å². The number of nitrogens with zero attached hydrogens (tertiary/aromatic N) is 1. The molecule has 0 saturated heterocycles. The smallest absolute Gasteiger partial charge is 0.314 e. The lowest BCUT2D eigenvalue weighted by Gasteiger charge is -2.11. The lowest BCUT2D eigenvalue weighted by atomic mass is 10.2. The fourth-order valence-corrected chi connectivity index (χ4v) is 1.21. The first kappa shape index (κ1) is 13.2. The Labute approximate surface area is 99.5 Å². The van der Waals surface area contributed by atoms with Crippen molar-refractivity contribution in [2.75, 3.05) is 20.3 Å². The Morgan fingerprint density at radius 3 is 2.76 bits per heavy atom. The number of rotatable bonds is 6. The summed E-state index contributed by atoms with van der Waals surface area (Å²) in [5.74, 6) is 0.864. The van der Waals surface area contributed by atoms with Crippen LogP contribution in [0.15, 0.2) is 18.2 Å². The normalized spacial score (nSPS) is 11.9. The molecule has 0 aromatic heterocycles. The van der Waals surface area contributed by atoms with Crippen molar-refractivity contribution in [1.82, 2.24) is 0 Å². The topological polar surface area (TPSA) is 87.6 Å². The van der Waals surface area contributed by atoms with E-state index in [2.05, 4.69) is 0 Å². The average molecular weight is 240 g/mol. The van der Waals surface area contributed by atoms with Crippen LogP contribution in [-0.2, 0) is 0 Å². The Bertz CT molecular complexity index is 395. The van der Waals surface area contributed by atoms with Crippen LogP contribution in [0.1, 0.15) is 6.92 Å². The van der Waals surface area contributed by atoms with Gasteiger partial charge in [-0.3, -0.25) is 10.1 Å². The molecule has 1 rings (SSSR count). The first-order valence-corrected chi connectivity index (χ1v) is 5.23. The average Bonchev–Trinajstić information content (AvgIpc) is 2.35. The Kier molecular flexibility index (Phi) is 4.71. The van der Waals surface area contributed by atoms with Crippen LogP contribution in [0.3, 0.4) is 0 Å². The molecule has 0 aliphatic rings. The number of hydrogen-bond acceptors (Lipinski definition) is 5. The van der Waals surface area contributed by atoms with Crippen molar-refractivity contribution in [3.8, 4) is 11.5 Å².